The van der Waals surface area contributed by atoms with Gasteiger partial charge in [0.1, 0.15) is 0 Å². The first kappa shape index (κ1) is 13.7. The monoisotopic (exact) mass is 311 g/mol. The molecule has 1 aromatic carbocycles. The zero-order valence-corrected chi connectivity index (χ0v) is 12.1. The third kappa shape index (κ3) is 3.64. The zero-order valence-electron chi connectivity index (χ0n) is 10.6. The van der Waals surface area contributed by atoms with Crippen LogP contribution in [0.15, 0.2) is 28.7 Å². The average molecular weight is 312 g/mol. The summed E-state index contributed by atoms with van der Waals surface area (Å²) in [5.74, 6) is 0.180. The molecule has 2 rings (SSSR count). The maximum Gasteiger partial charge on any atom is 0.176 e. The lowest BCUT2D eigenvalue weighted by Crippen LogP contribution is -2.41. The molecule has 0 radical (unpaired) electrons. The van der Waals surface area contributed by atoms with Gasteiger partial charge in [0.2, 0.25) is 0 Å². The Morgan fingerprint density at radius 1 is 1.44 bits per heavy atom. The summed E-state index contributed by atoms with van der Waals surface area (Å²) in [5.41, 5.74) is 0.776. The Morgan fingerprint density at radius 2 is 2.17 bits per heavy atom. The van der Waals surface area contributed by atoms with Crippen LogP contribution in [0.25, 0.3) is 0 Å². The van der Waals surface area contributed by atoms with Crippen LogP contribution in [0.5, 0.6) is 0 Å². The van der Waals surface area contributed by atoms with Gasteiger partial charge in [-0.15, -0.1) is 0 Å². The van der Waals surface area contributed by atoms with Crippen molar-refractivity contribution in [3.63, 3.8) is 0 Å². The van der Waals surface area contributed by atoms with Gasteiger partial charge in [-0.25, -0.2) is 0 Å². The number of likely N-dealkylation sites (tertiary alicyclic amines) is 1. The van der Waals surface area contributed by atoms with E-state index in [1.165, 1.54) is 0 Å². The number of ketones is 1. The first-order chi connectivity index (χ1) is 8.69. The normalized spacial score (nSPS) is 20.9. The van der Waals surface area contributed by atoms with Crippen molar-refractivity contribution in [2.24, 2.45) is 0 Å². The van der Waals surface area contributed by atoms with E-state index in [4.69, 9.17) is 4.74 Å². The van der Waals surface area contributed by atoms with Gasteiger partial charge in [0, 0.05) is 23.7 Å². The molecule has 1 aliphatic rings. The number of nitrogens with zero attached hydrogens (tertiary/aromatic N) is 1. The summed E-state index contributed by atoms with van der Waals surface area (Å²) in [7, 11) is 1.74. The van der Waals surface area contributed by atoms with Crippen LogP contribution in [-0.2, 0) is 4.74 Å². The third-order valence-corrected chi connectivity index (χ3v) is 3.86. The molecule has 1 aromatic rings. The van der Waals surface area contributed by atoms with Crippen molar-refractivity contribution in [2.75, 3.05) is 26.7 Å². The highest BCUT2D eigenvalue weighted by atomic mass is 79.9. The Kier molecular flexibility index (Phi) is 4.92. The Hall–Kier alpha value is -0.710. The molecular formula is C14H18BrNO2. The van der Waals surface area contributed by atoms with E-state index in [-0.39, 0.29) is 11.9 Å². The number of methoxy groups -OCH3 is 1. The van der Waals surface area contributed by atoms with Crippen LogP contribution in [0.3, 0.4) is 0 Å². The van der Waals surface area contributed by atoms with Gasteiger partial charge >= 0.3 is 0 Å². The Morgan fingerprint density at radius 3 is 2.83 bits per heavy atom. The van der Waals surface area contributed by atoms with Crippen molar-refractivity contribution in [1.29, 1.82) is 0 Å². The van der Waals surface area contributed by atoms with E-state index in [0.29, 0.717) is 6.54 Å². The molecule has 1 aliphatic heterocycles. The lowest BCUT2D eigenvalue weighted by atomic mass is 10.1. The fraction of sp³-hybridized carbons (Fsp3) is 0.500. The predicted molar refractivity (Wildman–Crippen MR) is 74.9 cm³/mol. The SMILES string of the molecule is COC1CCCN(CC(=O)c2ccc(Br)cc2)C1. The number of hydrogen-bond donors (Lipinski definition) is 0. The second-order valence-electron chi connectivity index (χ2n) is 4.67. The Labute approximate surface area is 116 Å². The predicted octanol–water partition coefficient (Wildman–Crippen LogP) is 2.74. The minimum absolute atomic E-state index is 0.180. The molecule has 98 valence electrons. The molecule has 0 spiro atoms. The molecule has 1 heterocycles. The number of halogens is 1. The molecule has 4 heteroatoms. The summed E-state index contributed by atoms with van der Waals surface area (Å²) in [6.07, 6.45) is 2.47. The molecule has 0 aromatic heterocycles. The number of hydrogen-bond acceptors (Lipinski definition) is 3. The van der Waals surface area contributed by atoms with Crippen LogP contribution in [0, 0.1) is 0 Å². The molecule has 0 bridgehead atoms. The number of ether oxygens (including phenoxy) is 1. The van der Waals surface area contributed by atoms with Gasteiger partial charge in [-0.2, -0.15) is 0 Å². The Balaban J connectivity index is 1.92. The molecule has 0 N–H and O–H groups in total. The number of rotatable bonds is 4. The lowest BCUT2D eigenvalue weighted by molar-refractivity contribution is 0.0314. The fourth-order valence-corrected chi connectivity index (χ4v) is 2.54. The summed E-state index contributed by atoms with van der Waals surface area (Å²) in [6, 6.07) is 7.54. The van der Waals surface area contributed by atoms with E-state index in [0.717, 1.165) is 36.0 Å². The highest BCUT2D eigenvalue weighted by molar-refractivity contribution is 9.10. The summed E-state index contributed by atoms with van der Waals surface area (Å²) in [4.78, 5) is 14.3. The van der Waals surface area contributed by atoms with Crippen LogP contribution >= 0.6 is 15.9 Å². The fourth-order valence-electron chi connectivity index (χ4n) is 2.28. The van der Waals surface area contributed by atoms with Crippen molar-refractivity contribution in [2.45, 2.75) is 18.9 Å². The lowest BCUT2D eigenvalue weighted by Gasteiger charge is -2.31. The number of carbonyl (C=O) groups is 1. The van der Waals surface area contributed by atoms with E-state index in [1.54, 1.807) is 7.11 Å². The van der Waals surface area contributed by atoms with E-state index in [2.05, 4.69) is 20.8 Å². The highest BCUT2D eigenvalue weighted by Gasteiger charge is 2.21. The molecule has 1 atom stereocenters. The summed E-state index contributed by atoms with van der Waals surface area (Å²) >= 11 is 3.37. The molecular weight excluding hydrogens is 294 g/mol. The van der Waals surface area contributed by atoms with Gasteiger partial charge in [0.25, 0.3) is 0 Å². The minimum Gasteiger partial charge on any atom is -0.380 e. The van der Waals surface area contributed by atoms with E-state index in [9.17, 15) is 4.79 Å². The van der Waals surface area contributed by atoms with Crippen molar-refractivity contribution in [3.8, 4) is 0 Å². The molecule has 0 saturated carbocycles. The maximum absolute atomic E-state index is 12.1. The van der Waals surface area contributed by atoms with Gasteiger partial charge in [-0.05, 0) is 31.5 Å². The standard InChI is InChI=1S/C14H18BrNO2/c1-18-13-3-2-8-16(9-13)10-14(17)11-4-6-12(15)7-5-11/h4-7,13H,2-3,8-10H2,1H3. The molecule has 1 fully saturated rings. The van der Waals surface area contributed by atoms with E-state index in [1.807, 2.05) is 24.3 Å². The van der Waals surface area contributed by atoms with E-state index >= 15 is 0 Å². The van der Waals surface area contributed by atoms with Crippen LogP contribution in [-0.4, -0.2) is 43.5 Å². The smallest absolute Gasteiger partial charge is 0.176 e. The van der Waals surface area contributed by atoms with Gasteiger partial charge < -0.3 is 4.74 Å². The number of Topliss-reactive ketones (excluding diaryl/α,β-unsaturated/α-hetero) is 1. The third-order valence-electron chi connectivity index (χ3n) is 3.33. The Bertz CT molecular complexity index is 405. The molecule has 1 saturated heterocycles. The van der Waals surface area contributed by atoms with E-state index < -0.39 is 0 Å². The van der Waals surface area contributed by atoms with Gasteiger partial charge in [0.15, 0.2) is 5.78 Å². The van der Waals surface area contributed by atoms with Crippen molar-refractivity contribution in [1.82, 2.24) is 4.90 Å². The first-order valence-corrected chi connectivity index (χ1v) is 7.02. The summed E-state index contributed by atoms with van der Waals surface area (Å²) in [5, 5.41) is 0. The highest BCUT2D eigenvalue weighted by Crippen LogP contribution is 2.15. The molecule has 0 aliphatic carbocycles. The second kappa shape index (κ2) is 6.45. The molecule has 18 heavy (non-hydrogen) atoms. The van der Waals surface area contributed by atoms with Crippen molar-refractivity contribution in [3.05, 3.63) is 34.3 Å². The number of piperidine rings is 1. The number of carbonyl (C=O) groups excluding carboxylic acids is 1. The molecule has 0 amide bonds. The quantitative estimate of drug-likeness (QED) is 0.801. The number of benzene rings is 1. The van der Waals surface area contributed by atoms with Gasteiger partial charge in [0.05, 0.1) is 12.6 Å². The maximum atomic E-state index is 12.1. The molecule has 3 nitrogen and oxygen atoms in total. The van der Waals surface area contributed by atoms with Crippen LogP contribution in [0.2, 0.25) is 0 Å². The first-order valence-electron chi connectivity index (χ1n) is 6.23. The topological polar surface area (TPSA) is 29.5 Å². The van der Waals surface area contributed by atoms with Gasteiger partial charge in [-0.1, -0.05) is 28.1 Å². The van der Waals surface area contributed by atoms with Crippen molar-refractivity contribution >= 4 is 21.7 Å². The summed E-state index contributed by atoms with van der Waals surface area (Å²) in [6.45, 7) is 2.34. The summed E-state index contributed by atoms with van der Waals surface area (Å²) < 4.78 is 6.36. The second-order valence-corrected chi connectivity index (χ2v) is 5.58. The van der Waals surface area contributed by atoms with Crippen LogP contribution in [0.1, 0.15) is 23.2 Å². The van der Waals surface area contributed by atoms with Gasteiger partial charge in [-0.3, -0.25) is 9.69 Å². The minimum atomic E-state index is 0.180. The average Bonchev–Trinajstić information content (AvgIpc) is 2.39. The van der Waals surface area contributed by atoms with Crippen molar-refractivity contribution < 1.29 is 9.53 Å². The largest absolute Gasteiger partial charge is 0.380 e. The van der Waals surface area contributed by atoms with Crippen LogP contribution < -0.4 is 0 Å². The molecule has 1 unspecified atom stereocenters. The van der Waals surface area contributed by atoms with Crippen LogP contribution in [0.4, 0.5) is 0 Å². The zero-order chi connectivity index (χ0) is 13.0.